The number of carbonyl (C=O) groups excluding carboxylic acids is 1. The highest BCUT2D eigenvalue weighted by Crippen LogP contribution is 2.20. The van der Waals surface area contributed by atoms with Crippen molar-refractivity contribution in [2.75, 3.05) is 13.6 Å². The highest BCUT2D eigenvalue weighted by molar-refractivity contribution is 5.76. The maximum absolute atomic E-state index is 12.1. The van der Waals surface area contributed by atoms with Gasteiger partial charge in [-0.1, -0.05) is 25.1 Å². The third-order valence-corrected chi connectivity index (χ3v) is 3.77. The number of aliphatic carboxylic acids is 1. The minimum absolute atomic E-state index is 0.125. The highest BCUT2D eigenvalue weighted by Gasteiger charge is 2.19. The van der Waals surface area contributed by atoms with E-state index in [0.29, 0.717) is 0 Å². The summed E-state index contributed by atoms with van der Waals surface area (Å²) in [6.07, 6.45) is 0. The summed E-state index contributed by atoms with van der Waals surface area (Å²) in [7, 11) is 1.60. The summed E-state index contributed by atoms with van der Waals surface area (Å²) >= 11 is 0. The SMILES string of the molecule is Cc1cccc(C(C)NC(=O)N(C)CC(C)C(=O)O)c1C. The second kappa shape index (κ2) is 7.11. The number of carboxylic acid groups (broad SMARTS) is 1. The van der Waals surface area contributed by atoms with Crippen LogP contribution in [0.1, 0.15) is 36.6 Å². The van der Waals surface area contributed by atoms with E-state index in [1.165, 1.54) is 10.5 Å². The summed E-state index contributed by atoms with van der Waals surface area (Å²) in [4.78, 5) is 24.3. The molecule has 2 N–H and O–H groups in total. The Morgan fingerprint density at radius 2 is 1.90 bits per heavy atom. The number of urea groups is 1. The van der Waals surface area contributed by atoms with E-state index >= 15 is 0 Å². The Hall–Kier alpha value is -2.04. The van der Waals surface area contributed by atoms with E-state index in [0.717, 1.165) is 11.1 Å². The van der Waals surface area contributed by atoms with Crippen molar-refractivity contribution in [3.63, 3.8) is 0 Å². The Kier molecular flexibility index (Phi) is 5.76. The summed E-state index contributed by atoms with van der Waals surface area (Å²) in [6, 6.07) is 5.61. The van der Waals surface area contributed by atoms with Crippen molar-refractivity contribution < 1.29 is 14.7 Å². The Bertz CT molecular complexity index is 528. The lowest BCUT2D eigenvalue weighted by atomic mass is 9.98. The Labute approximate surface area is 126 Å². The lowest BCUT2D eigenvalue weighted by molar-refractivity contribution is -0.141. The van der Waals surface area contributed by atoms with E-state index in [1.54, 1.807) is 14.0 Å². The standard InChI is InChI=1S/C16H24N2O3/c1-10-7-6-8-14(12(10)3)13(4)17-16(21)18(5)9-11(2)15(19)20/h6-8,11,13H,9H2,1-5H3,(H,17,21)(H,19,20). The molecule has 1 aromatic rings. The van der Waals surface area contributed by atoms with Gasteiger partial charge in [-0.2, -0.15) is 0 Å². The number of rotatable bonds is 5. The summed E-state index contributed by atoms with van der Waals surface area (Å²) in [5.74, 6) is -1.49. The Morgan fingerprint density at radius 1 is 1.29 bits per heavy atom. The van der Waals surface area contributed by atoms with Gasteiger partial charge in [0.15, 0.2) is 0 Å². The molecule has 2 unspecified atom stereocenters. The maximum Gasteiger partial charge on any atom is 0.317 e. The fourth-order valence-corrected chi connectivity index (χ4v) is 2.19. The first-order valence-electron chi connectivity index (χ1n) is 7.04. The zero-order valence-corrected chi connectivity index (χ0v) is 13.3. The third kappa shape index (κ3) is 4.48. The number of carbonyl (C=O) groups is 2. The molecule has 0 radical (unpaired) electrons. The van der Waals surface area contributed by atoms with Crippen molar-refractivity contribution in [3.05, 3.63) is 34.9 Å². The van der Waals surface area contributed by atoms with Crippen LogP contribution >= 0.6 is 0 Å². The van der Waals surface area contributed by atoms with Gasteiger partial charge in [0.2, 0.25) is 0 Å². The zero-order valence-electron chi connectivity index (χ0n) is 13.3. The molecule has 5 heteroatoms. The van der Waals surface area contributed by atoms with Crippen LogP contribution in [0.2, 0.25) is 0 Å². The normalized spacial score (nSPS) is 13.4. The number of nitrogens with zero attached hydrogens (tertiary/aromatic N) is 1. The molecule has 2 amide bonds. The van der Waals surface area contributed by atoms with Crippen LogP contribution in [-0.4, -0.2) is 35.6 Å². The van der Waals surface area contributed by atoms with Crippen LogP contribution in [-0.2, 0) is 4.79 Å². The van der Waals surface area contributed by atoms with Gasteiger partial charge in [0.1, 0.15) is 0 Å². The zero-order chi connectivity index (χ0) is 16.2. The minimum Gasteiger partial charge on any atom is -0.481 e. The molecule has 1 rings (SSSR count). The summed E-state index contributed by atoms with van der Waals surface area (Å²) in [5.41, 5.74) is 3.41. The van der Waals surface area contributed by atoms with E-state index in [2.05, 4.69) is 5.32 Å². The molecule has 0 bridgehead atoms. The highest BCUT2D eigenvalue weighted by atomic mass is 16.4. The number of hydrogen-bond acceptors (Lipinski definition) is 2. The molecule has 5 nitrogen and oxygen atoms in total. The van der Waals surface area contributed by atoms with Gasteiger partial charge in [0.05, 0.1) is 12.0 Å². The molecule has 116 valence electrons. The molecule has 0 saturated carbocycles. The molecule has 0 fully saturated rings. The van der Waals surface area contributed by atoms with Crippen LogP contribution in [0.15, 0.2) is 18.2 Å². The van der Waals surface area contributed by atoms with Gasteiger partial charge in [-0.25, -0.2) is 4.79 Å². The monoisotopic (exact) mass is 292 g/mol. The topological polar surface area (TPSA) is 69.6 Å². The van der Waals surface area contributed by atoms with Crippen molar-refractivity contribution in [2.45, 2.75) is 33.7 Å². The Morgan fingerprint density at radius 3 is 2.48 bits per heavy atom. The van der Waals surface area contributed by atoms with E-state index in [-0.39, 0.29) is 18.6 Å². The molecule has 0 aliphatic rings. The number of nitrogens with one attached hydrogen (secondary N) is 1. The Balaban J connectivity index is 2.69. The number of carboxylic acids is 1. The molecular weight excluding hydrogens is 268 g/mol. The van der Waals surface area contributed by atoms with Crippen LogP contribution in [0.3, 0.4) is 0 Å². The van der Waals surface area contributed by atoms with Crippen LogP contribution in [0, 0.1) is 19.8 Å². The first-order valence-corrected chi connectivity index (χ1v) is 7.04. The summed E-state index contributed by atoms with van der Waals surface area (Å²) in [5, 5.41) is 11.8. The molecule has 0 heterocycles. The second-order valence-electron chi connectivity index (χ2n) is 5.58. The quantitative estimate of drug-likeness (QED) is 0.876. The fourth-order valence-electron chi connectivity index (χ4n) is 2.19. The van der Waals surface area contributed by atoms with Gasteiger partial charge < -0.3 is 15.3 Å². The minimum atomic E-state index is -0.905. The lowest BCUT2D eigenvalue weighted by Crippen LogP contribution is -2.41. The van der Waals surface area contributed by atoms with E-state index in [1.807, 2.05) is 39.0 Å². The molecule has 2 atom stereocenters. The molecule has 0 aliphatic carbocycles. The predicted molar refractivity (Wildman–Crippen MR) is 82.3 cm³/mol. The maximum atomic E-state index is 12.1. The first kappa shape index (κ1) is 17.0. The van der Waals surface area contributed by atoms with Crippen LogP contribution in [0.5, 0.6) is 0 Å². The van der Waals surface area contributed by atoms with Crippen molar-refractivity contribution in [2.24, 2.45) is 5.92 Å². The van der Waals surface area contributed by atoms with Gasteiger partial charge >= 0.3 is 12.0 Å². The van der Waals surface area contributed by atoms with Crippen molar-refractivity contribution in [1.82, 2.24) is 10.2 Å². The first-order chi connectivity index (χ1) is 9.73. The molecule has 1 aromatic carbocycles. The van der Waals surface area contributed by atoms with Crippen molar-refractivity contribution in [1.29, 1.82) is 0 Å². The van der Waals surface area contributed by atoms with Gasteiger partial charge in [-0.3, -0.25) is 4.79 Å². The van der Waals surface area contributed by atoms with Gasteiger partial charge in [0, 0.05) is 13.6 Å². The van der Waals surface area contributed by atoms with Crippen LogP contribution in [0.25, 0.3) is 0 Å². The molecule has 0 saturated heterocycles. The molecule has 0 spiro atoms. The summed E-state index contributed by atoms with van der Waals surface area (Å²) < 4.78 is 0. The fraction of sp³-hybridized carbons (Fsp3) is 0.500. The van der Waals surface area contributed by atoms with Crippen LogP contribution < -0.4 is 5.32 Å². The van der Waals surface area contributed by atoms with Crippen molar-refractivity contribution in [3.8, 4) is 0 Å². The second-order valence-corrected chi connectivity index (χ2v) is 5.58. The molecule has 0 aliphatic heterocycles. The van der Waals surface area contributed by atoms with Gasteiger partial charge in [-0.15, -0.1) is 0 Å². The lowest BCUT2D eigenvalue weighted by Gasteiger charge is -2.24. The number of benzene rings is 1. The molecule has 21 heavy (non-hydrogen) atoms. The number of aryl methyl sites for hydroxylation is 1. The predicted octanol–water partition coefficient (Wildman–Crippen LogP) is 2.73. The van der Waals surface area contributed by atoms with E-state index < -0.39 is 11.9 Å². The number of amides is 2. The molecular formula is C16H24N2O3. The van der Waals surface area contributed by atoms with Gasteiger partial charge in [0.25, 0.3) is 0 Å². The van der Waals surface area contributed by atoms with Crippen molar-refractivity contribution >= 4 is 12.0 Å². The van der Waals surface area contributed by atoms with E-state index in [9.17, 15) is 9.59 Å². The average Bonchev–Trinajstić information content (AvgIpc) is 2.41. The van der Waals surface area contributed by atoms with Crippen LogP contribution in [0.4, 0.5) is 4.79 Å². The summed E-state index contributed by atoms with van der Waals surface area (Å²) in [6.45, 7) is 7.76. The average molecular weight is 292 g/mol. The molecule has 0 aromatic heterocycles. The smallest absolute Gasteiger partial charge is 0.317 e. The number of hydrogen-bond donors (Lipinski definition) is 2. The largest absolute Gasteiger partial charge is 0.481 e. The third-order valence-electron chi connectivity index (χ3n) is 3.77. The van der Waals surface area contributed by atoms with E-state index in [4.69, 9.17) is 5.11 Å². The van der Waals surface area contributed by atoms with Gasteiger partial charge in [-0.05, 0) is 37.5 Å².